The summed E-state index contributed by atoms with van der Waals surface area (Å²) in [5, 5.41) is 5.95. The monoisotopic (exact) mass is 227 g/mol. The molecule has 1 saturated heterocycles. The van der Waals surface area contributed by atoms with E-state index in [-0.39, 0.29) is 17.1 Å². The molecule has 1 aliphatic heterocycles. The lowest BCUT2D eigenvalue weighted by atomic mass is 10.2. The van der Waals surface area contributed by atoms with Crippen LogP contribution in [-0.2, 0) is 4.79 Å². The quantitative estimate of drug-likeness (QED) is 0.619. The summed E-state index contributed by atoms with van der Waals surface area (Å²) in [5.74, 6) is 0.489. The SMILES string of the molecule is Nc1c(Cl)ncnc1NC1CNC(=O)C1. The van der Waals surface area contributed by atoms with E-state index in [1.165, 1.54) is 6.33 Å². The number of anilines is 2. The zero-order valence-electron chi connectivity index (χ0n) is 7.83. The number of hydrogen-bond donors (Lipinski definition) is 3. The van der Waals surface area contributed by atoms with Gasteiger partial charge in [0.25, 0.3) is 0 Å². The number of nitrogens with zero attached hydrogens (tertiary/aromatic N) is 2. The van der Waals surface area contributed by atoms with Crippen molar-refractivity contribution in [2.45, 2.75) is 12.5 Å². The van der Waals surface area contributed by atoms with Crippen molar-refractivity contribution in [1.82, 2.24) is 15.3 Å². The second kappa shape index (κ2) is 3.90. The van der Waals surface area contributed by atoms with Crippen LogP contribution in [0.2, 0.25) is 5.15 Å². The molecule has 0 aliphatic carbocycles. The van der Waals surface area contributed by atoms with Crippen molar-refractivity contribution in [2.75, 3.05) is 17.6 Å². The molecule has 4 N–H and O–H groups in total. The first-order chi connectivity index (χ1) is 7.16. The summed E-state index contributed by atoms with van der Waals surface area (Å²) in [7, 11) is 0. The van der Waals surface area contributed by atoms with Gasteiger partial charge in [0.05, 0.1) is 6.04 Å². The van der Waals surface area contributed by atoms with E-state index in [9.17, 15) is 4.79 Å². The lowest BCUT2D eigenvalue weighted by Gasteiger charge is -2.12. The van der Waals surface area contributed by atoms with Crippen LogP contribution in [0.25, 0.3) is 0 Å². The summed E-state index contributed by atoms with van der Waals surface area (Å²) in [6.45, 7) is 0.569. The predicted molar refractivity (Wildman–Crippen MR) is 56.5 cm³/mol. The summed E-state index contributed by atoms with van der Waals surface area (Å²) in [6.07, 6.45) is 1.74. The first-order valence-corrected chi connectivity index (χ1v) is 4.84. The summed E-state index contributed by atoms with van der Waals surface area (Å²) in [4.78, 5) is 18.6. The van der Waals surface area contributed by atoms with Gasteiger partial charge in [-0.1, -0.05) is 11.6 Å². The van der Waals surface area contributed by atoms with Gasteiger partial charge in [-0.2, -0.15) is 0 Å². The highest BCUT2D eigenvalue weighted by Crippen LogP contribution is 2.23. The van der Waals surface area contributed by atoms with Gasteiger partial charge in [-0.3, -0.25) is 4.79 Å². The summed E-state index contributed by atoms with van der Waals surface area (Å²) in [5.41, 5.74) is 5.97. The zero-order chi connectivity index (χ0) is 10.8. The van der Waals surface area contributed by atoms with Crippen LogP contribution < -0.4 is 16.4 Å². The van der Waals surface area contributed by atoms with Gasteiger partial charge in [0.15, 0.2) is 11.0 Å². The molecule has 0 saturated carbocycles. The molecular formula is C8H10ClN5O. The van der Waals surface area contributed by atoms with Crippen LogP contribution in [0, 0.1) is 0 Å². The van der Waals surface area contributed by atoms with Crippen LogP contribution in [0.15, 0.2) is 6.33 Å². The van der Waals surface area contributed by atoms with Crippen molar-refractivity contribution in [1.29, 1.82) is 0 Å². The number of halogens is 1. The summed E-state index contributed by atoms with van der Waals surface area (Å²) < 4.78 is 0. The molecule has 2 heterocycles. The number of aromatic nitrogens is 2. The zero-order valence-corrected chi connectivity index (χ0v) is 8.58. The topological polar surface area (TPSA) is 92.9 Å². The fraction of sp³-hybridized carbons (Fsp3) is 0.375. The van der Waals surface area contributed by atoms with Crippen LogP contribution in [-0.4, -0.2) is 28.5 Å². The lowest BCUT2D eigenvalue weighted by Crippen LogP contribution is -2.23. The third kappa shape index (κ3) is 2.10. The first-order valence-electron chi connectivity index (χ1n) is 4.46. The van der Waals surface area contributed by atoms with E-state index >= 15 is 0 Å². The van der Waals surface area contributed by atoms with Crippen LogP contribution in [0.5, 0.6) is 0 Å². The first kappa shape index (κ1) is 9.97. The van der Waals surface area contributed by atoms with Crippen molar-refractivity contribution in [3.8, 4) is 0 Å². The Morgan fingerprint density at radius 1 is 1.60 bits per heavy atom. The molecule has 0 aromatic carbocycles. The average Bonchev–Trinajstić information content (AvgIpc) is 2.59. The van der Waals surface area contributed by atoms with E-state index in [4.69, 9.17) is 17.3 Å². The number of nitrogen functional groups attached to an aromatic ring is 1. The molecule has 80 valence electrons. The number of hydrogen-bond acceptors (Lipinski definition) is 5. The highest BCUT2D eigenvalue weighted by molar-refractivity contribution is 6.32. The predicted octanol–water partition coefficient (Wildman–Crippen LogP) is 0.0126. The molecule has 2 rings (SSSR count). The second-order valence-corrected chi connectivity index (χ2v) is 3.63. The molecule has 1 amide bonds. The van der Waals surface area contributed by atoms with E-state index in [1.807, 2.05) is 0 Å². The van der Waals surface area contributed by atoms with Crippen molar-refractivity contribution in [3.63, 3.8) is 0 Å². The van der Waals surface area contributed by atoms with Gasteiger partial charge in [0, 0.05) is 13.0 Å². The Kier molecular flexibility index (Phi) is 2.59. The maximum atomic E-state index is 11.0. The van der Waals surface area contributed by atoms with Crippen LogP contribution in [0.1, 0.15) is 6.42 Å². The highest BCUT2D eigenvalue weighted by Gasteiger charge is 2.22. The van der Waals surface area contributed by atoms with Crippen LogP contribution in [0.4, 0.5) is 11.5 Å². The highest BCUT2D eigenvalue weighted by atomic mass is 35.5. The van der Waals surface area contributed by atoms with E-state index < -0.39 is 0 Å². The Morgan fingerprint density at radius 2 is 2.40 bits per heavy atom. The van der Waals surface area contributed by atoms with E-state index in [0.717, 1.165) is 0 Å². The molecule has 1 unspecified atom stereocenters. The molecule has 1 aliphatic rings. The molecule has 6 nitrogen and oxygen atoms in total. The maximum Gasteiger partial charge on any atom is 0.222 e. The lowest BCUT2D eigenvalue weighted by molar-refractivity contribution is -0.119. The summed E-state index contributed by atoms with van der Waals surface area (Å²) >= 11 is 5.73. The number of nitrogens with two attached hydrogens (primary N) is 1. The van der Waals surface area contributed by atoms with Gasteiger partial charge in [0.1, 0.15) is 12.0 Å². The van der Waals surface area contributed by atoms with Gasteiger partial charge in [-0.15, -0.1) is 0 Å². The molecule has 1 aromatic rings. The van der Waals surface area contributed by atoms with Gasteiger partial charge in [-0.05, 0) is 0 Å². The minimum Gasteiger partial charge on any atom is -0.393 e. The molecule has 1 atom stereocenters. The molecule has 7 heteroatoms. The normalized spacial score (nSPS) is 20.1. The van der Waals surface area contributed by atoms with E-state index in [1.54, 1.807) is 0 Å². The molecule has 0 radical (unpaired) electrons. The average molecular weight is 228 g/mol. The third-order valence-corrected chi connectivity index (χ3v) is 2.45. The van der Waals surface area contributed by atoms with Crippen molar-refractivity contribution in [3.05, 3.63) is 11.5 Å². The second-order valence-electron chi connectivity index (χ2n) is 3.28. The van der Waals surface area contributed by atoms with Crippen LogP contribution >= 0.6 is 11.6 Å². The van der Waals surface area contributed by atoms with Crippen LogP contribution in [0.3, 0.4) is 0 Å². The number of nitrogens with one attached hydrogen (secondary N) is 2. The molecule has 0 spiro atoms. The van der Waals surface area contributed by atoms with Gasteiger partial charge in [0.2, 0.25) is 5.91 Å². The van der Waals surface area contributed by atoms with E-state index in [0.29, 0.717) is 24.5 Å². The largest absolute Gasteiger partial charge is 0.393 e. The number of carbonyl (C=O) groups is 1. The van der Waals surface area contributed by atoms with Crippen molar-refractivity contribution in [2.24, 2.45) is 0 Å². The third-order valence-electron chi connectivity index (χ3n) is 2.15. The van der Waals surface area contributed by atoms with Crippen molar-refractivity contribution < 1.29 is 4.79 Å². The molecule has 0 bridgehead atoms. The standard InChI is InChI=1S/C8H10ClN5O/c9-7-6(10)8(13-3-12-7)14-4-1-5(15)11-2-4/h3-4H,1-2,10H2,(H,11,15)(H,12,13,14). The van der Waals surface area contributed by atoms with Gasteiger partial charge in [-0.25, -0.2) is 9.97 Å². The fourth-order valence-corrected chi connectivity index (χ4v) is 1.52. The van der Waals surface area contributed by atoms with Gasteiger partial charge < -0.3 is 16.4 Å². The minimum atomic E-state index is 0.00534. The molecule has 1 fully saturated rings. The smallest absolute Gasteiger partial charge is 0.222 e. The Balaban J connectivity index is 2.11. The fourth-order valence-electron chi connectivity index (χ4n) is 1.39. The Hall–Kier alpha value is -1.56. The van der Waals surface area contributed by atoms with Crippen molar-refractivity contribution >= 4 is 29.0 Å². The van der Waals surface area contributed by atoms with Gasteiger partial charge >= 0.3 is 0 Å². The number of amides is 1. The Labute approximate surface area is 91.2 Å². The maximum absolute atomic E-state index is 11.0. The minimum absolute atomic E-state index is 0.00534. The molecule has 15 heavy (non-hydrogen) atoms. The number of rotatable bonds is 2. The Bertz CT molecular complexity index is 397. The van der Waals surface area contributed by atoms with E-state index in [2.05, 4.69) is 20.6 Å². The summed E-state index contributed by atoms with van der Waals surface area (Å²) in [6, 6.07) is 0.00534. The molecular weight excluding hydrogens is 218 g/mol. The number of carbonyl (C=O) groups excluding carboxylic acids is 1. The molecule has 1 aromatic heterocycles. The Morgan fingerprint density at radius 3 is 3.07 bits per heavy atom.